The lowest BCUT2D eigenvalue weighted by atomic mass is 9.97. The zero-order chi connectivity index (χ0) is 55.8. The second-order valence-corrected chi connectivity index (χ2v) is 24.0. The van der Waals surface area contributed by atoms with E-state index >= 15 is 0 Å². The van der Waals surface area contributed by atoms with Crippen molar-refractivity contribution in [2.75, 3.05) is 49.1 Å². The van der Waals surface area contributed by atoms with Crippen LogP contribution in [0, 0.1) is 23.7 Å². The van der Waals surface area contributed by atoms with Gasteiger partial charge in [0.25, 0.3) is 0 Å². The van der Waals surface area contributed by atoms with Gasteiger partial charge < -0.3 is 39.7 Å². The first kappa shape index (κ1) is 61.4. The lowest BCUT2D eigenvalue weighted by molar-refractivity contribution is -0.135. The van der Waals surface area contributed by atoms with Gasteiger partial charge in [0, 0.05) is 75.3 Å². The van der Waals surface area contributed by atoms with Crippen LogP contribution < -0.4 is 29.9 Å². The van der Waals surface area contributed by atoms with Crippen LogP contribution in [0.4, 0.5) is 11.4 Å². The molecule has 7 rings (SSSR count). The second-order valence-electron chi connectivity index (χ2n) is 24.0. The molecular weight excluding hydrogens is 965 g/mol. The van der Waals surface area contributed by atoms with Crippen molar-refractivity contribution < 1.29 is 19.1 Å². The van der Waals surface area contributed by atoms with E-state index in [0.29, 0.717) is 61.6 Å². The Morgan fingerprint density at radius 1 is 0.474 bits per heavy atom. The van der Waals surface area contributed by atoms with E-state index in [1.807, 2.05) is 42.5 Å². The number of nitrogens with zero attached hydrogens (tertiary/aromatic N) is 4. The van der Waals surface area contributed by atoms with E-state index in [-0.39, 0.29) is 23.9 Å². The molecule has 0 spiro atoms. The zero-order valence-corrected chi connectivity index (χ0v) is 49.4. The topological polar surface area (TPSA) is 89.6 Å². The fourth-order valence-electron chi connectivity index (χ4n) is 10.7. The minimum absolute atomic E-state index is 0.0861. The lowest BCUT2D eigenvalue weighted by Gasteiger charge is -2.41. The van der Waals surface area contributed by atoms with Gasteiger partial charge in [0.15, 0.2) is 0 Å². The van der Waals surface area contributed by atoms with E-state index in [9.17, 15) is 9.59 Å². The first-order chi connectivity index (χ1) is 37.6. The van der Waals surface area contributed by atoms with E-state index in [1.165, 1.54) is 28.1 Å². The predicted molar refractivity (Wildman–Crippen MR) is 325 cm³/mol. The molecule has 5 aromatic carbocycles. The van der Waals surface area contributed by atoms with Gasteiger partial charge in [-0.2, -0.15) is 0 Å². The molecule has 2 saturated heterocycles. The van der Waals surface area contributed by atoms with Crippen LogP contribution in [-0.4, -0.2) is 91.1 Å². The van der Waals surface area contributed by atoms with Crippen molar-refractivity contribution in [2.45, 2.75) is 171 Å². The SMILES string of the molecule is CC(C)CCN(c1ccc(OCc2ccccc2)cc1)C1CCN(C(=O)C(CC(C)C)NC(C)C)CC1.CC(C)CCN(c1ccc(OCc2ccccc2)cc1)C1CCN(C(=O)C(CC(C)C)NCc2ccccc2)CC1. The van der Waals surface area contributed by atoms with E-state index < -0.39 is 0 Å². The molecule has 2 heterocycles. The highest BCUT2D eigenvalue weighted by molar-refractivity contribution is 5.82. The van der Waals surface area contributed by atoms with Gasteiger partial charge in [-0.3, -0.25) is 9.59 Å². The van der Waals surface area contributed by atoms with E-state index in [4.69, 9.17) is 9.47 Å². The third kappa shape index (κ3) is 20.8. The summed E-state index contributed by atoms with van der Waals surface area (Å²) in [6.07, 6.45) is 8.02. The molecule has 2 N–H and O–H groups in total. The highest BCUT2D eigenvalue weighted by Crippen LogP contribution is 2.30. The zero-order valence-electron chi connectivity index (χ0n) is 49.4. The number of rotatable bonds is 27. The van der Waals surface area contributed by atoms with Crippen LogP contribution in [-0.2, 0) is 29.3 Å². The van der Waals surface area contributed by atoms with Crippen LogP contribution in [0.2, 0.25) is 0 Å². The third-order valence-corrected chi connectivity index (χ3v) is 15.1. The summed E-state index contributed by atoms with van der Waals surface area (Å²) in [5.41, 5.74) is 6.04. The summed E-state index contributed by atoms with van der Waals surface area (Å²) in [5.74, 6) is 4.54. The maximum atomic E-state index is 13.7. The van der Waals surface area contributed by atoms with Crippen molar-refractivity contribution in [1.82, 2.24) is 20.4 Å². The molecule has 2 aliphatic rings. The standard InChI is InChI=1S/C36H49N3O2.C32H49N3O2/c1-28(2)19-24-39(32-15-17-34(18-16-32)41-27-31-13-9-6-10-14-31)33-20-22-38(23-21-33)36(40)35(25-29(3)4)37-26-30-11-7-5-8-12-30;1-24(2)16-21-35(28-12-14-30(15-13-28)37-23-27-10-8-7-9-11-27)29-17-19-34(20-18-29)32(36)31(22-25(3)4)33-26(5)6/h5-18,28-29,33,35,37H,19-27H2,1-4H3;7-15,24-26,29,31,33H,16-23H2,1-6H3. The summed E-state index contributed by atoms with van der Waals surface area (Å²) in [6, 6.07) is 49.0. The summed E-state index contributed by atoms with van der Waals surface area (Å²) < 4.78 is 12.1. The molecule has 2 amide bonds. The normalized spacial score (nSPS) is 15.1. The summed E-state index contributed by atoms with van der Waals surface area (Å²) >= 11 is 0. The van der Waals surface area contributed by atoms with Crippen molar-refractivity contribution in [1.29, 1.82) is 0 Å². The number of carbonyl (C=O) groups is 2. The summed E-state index contributed by atoms with van der Waals surface area (Å²) in [5, 5.41) is 7.08. The van der Waals surface area contributed by atoms with Crippen LogP contribution in [0.3, 0.4) is 0 Å². The first-order valence-electron chi connectivity index (χ1n) is 29.8. The molecule has 0 bridgehead atoms. The Labute approximate surface area is 471 Å². The molecule has 2 atom stereocenters. The van der Waals surface area contributed by atoms with E-state index in [1.54, 1.807) is 0 Å². The monoisotopic (exact) mass is 1060 g/mol. The average molecular weight is 1060 g/mol. The minimum Gasteiger partial charge on any atom is -0.489 e. The highest BCUT2D eigenvalue weighted by atomic mass is 16.5. The Morgan fingerprint density at radius 2 is 0.833 bits per heavy atom. The number of ether oxygens (including phenoxy) is 2. The summed E-state index contributed by atoms with van der Waals surface area (Å²) in [4.78, 5) is 36.4. The Bertz CT molecular complexity index is 2410. The minimum atomic E-state index is -0.146. The Hall–Kier alpha value is -5.84. The number of carbonyl (C=O) groups excluding carboxylic acids is 2. The molecule has 0 saturated carbocycles. The maximum Gasteiger partial charge on any atom is 0.239 e. The molecule has 0 aliphatic carbocycles. The van der Waals surface area contributed by atoms with Crippen molar-refractivity contribution in [3.63, 3.8) is 0 Å². The molecule has 10 nitrogen and oxygen atoms in total. The number of benzene rings is 5. The number of piperidine rings is 2. The molecule has 78 heavy (non-hydrogen) atoms. The average Bonchev–Trinajstić information content (AvgIpc) is 3.46. The summed E-state index contributed by atoms with van der Waals surface area (Å²) in [7, 11) is 0. The van der Waals surface area contributed by atoms with Gasteiger partial charge in [-0.25, -0.2) is 0 Å². The Morgan fingerprint density at radius 3 is 1.19 bits per heavy atom. The maximum absolute atomic E-state index is 13.7. The molecule has 5 aromatic rings. The number of likely N-dealkylation sites (tertiary alicyclic amines) is 2. The summed E-state index contributed by atoms with van der Waals surface area (Å²) in [6.45, 7) is 29.4. The van der Waals surface area contributed by atoms with Gasteiger partial charge in [0.1, 0.15) is 24.7 Å². The predicted octanol–water partition coefficient (Wildman–Crippen LogP) is 13.8. The van der Waals surface area contributed by atoms with Gasteiger partial charge in [-0.15, -0.1) is 0 Å². The number of amides is 2. The van der Waals surface area contributed by atoms with Gasteiger partial charge in [-0.05, 0) is 140 Å². The number of hydrogen-bond acceptors (Lipinski definition) is 8. The molecule has 2 unspecified atom stereocenters. The van der Waals surface area contributed by atoms with Crippen molar-refractivity contribution in [2.24, 2.45) is 23.7 Å². The quantitative estimate of drug-likeness (QED) is 0.0538. The molecule has 0 radical (unpaired) electrons. The van der Waals surface area contributed by atoms with Crippen LogP contribution in [0.5, 0.6) is 11.5 Å². The number of anilines is 2. The fraction of sp³-hybridized carbons (Fsp3) is 0.529. The van der Waals surface area contributed by atoms with Crippen molar-refractivity contribution >= 4 is 23.2 Å². The molecule has 424 valence electrons. The van der Waals surface area contributed by atoms with Gasteiger partial charge >= 0.3 is 0 Å². The fourth-order valence-corrected chi connectivity index (χ4v) is 10.7. The Kier molecular flexibility index (Phi) is 25.4. The molecule has 0 aromatic heterocycles. The van der Waals surface area contributed by atoms with Crippen LogP contribution in [0.25, 0.3) is 0 Å². The number of nitrogens with one attached hydrogen (secondary N) is 2. The van der Waals surface area contributed by atoms with Crippen LogP contribution >= 0.6 is 0 Å². The van der Waals surface area contributed by atoms with Gasteiger partial charge in [-0.1, -0.05) is 160 Å². The van der Waals surface area contributed by atoms with Crippen LogP contribution in [0.15, 0.2) is 140 Å². The van der Waals surface area contributed by atoms with Crippen molar-refractivity contribution in [3.05, 3.63) is 156 Å². The largest absolute Gasteiger partial charge is 0.489 e. The second kappa shape index (κ2) is 32.3. The lowest BCUT2D eigenvalue weighted by Crippen LogP contribution is -2.53. The molecule has 2 aliphatic heterocycles. The smallest absolute Gasteiger partial charge is 0.239 e. The number of hydrogen-bond donors (Lipinski definition) is 2. The van der Waals surface area contributed by atoms with Crippen molar-refractivity contribution in [3.8, 4) is 11.5 Å². The van der Waals surface area contributed by atoms with E-state index in [0.717, 1.165) is 102 Å². The molecular formula is C68H98N6O4. The van der Waals surface area contributed by atoms with Gasteiger partial charge in [0.05, 0.1) is 12.1 Å². The third-order valence-electron chi connectivity index (χ3n) is 15.1. The molecule has 10 heteroatoms. The molecule has 2 fully saturated rings. The van der Waals surface area contributed by atoms with E-state index in [2.05, 4.69) is 197 Å². The Balaban J connectivity index is 0.000000254. The first-order valence-corrected chi connectivity index (χ1v) is 29.8. The highest BCUT2D eigenvalue weighted by Gasteiger charge is 2.33. The van der Waals surface area contributed by atoms with Crippen LogP contribution in [0.1, 0.15) is 137 Å². The van der Waals surface area contributed by atoms with Gasteiger partial charge in [0.2, 0.25) is 11.8 Å².